The third kappa shape index (κ3) is 4.22. The zero-order chi connectivity index (χ0) is 13.1. The lowest BCUT2D eigenvalue weighted by Gasteiger charge is -2.32. The molecule has 0 atom stereocenters. The van der Waals surface area contributed by atoms with E-state index in [0.29, 0.717) is 11.3 Å². The lowest BCUT2D eigenvalue weighted by molar-refractivity contribution is 0.490. The summed E-state index contributed by atoms with van der Waals surface area (Å²) in [7, 11) is 0. The first kappa shape index (κ1) is 16.2. The van der Waals surface area contributed by atoms with E-state index in [9.17, 15) is 0 Å². The molecule has 0 aromatic rings. The molecule has 1 nitrogen and oxygen atoms in total. The molecule has 0 aromatic carbocycles. The highest BCUT2D eigenvalue weighted by Gasteiger charge is 2.27. The summed E-state index contributed by atoms with van der Waals surface area (Å²) in [5, 5.41) is 4.81. The van der Waals surface area contributed by atoms with Gasteiger partial charge in [0.2, 0.25) is 0 Å². The molecule has 0 fully saturated rings. The fourth-order valence-corrected chi connectivity index (χ4v) is 5.08. The van der Waals surface area contributed by atoms with Crippen molar-refractivity contribution in [1.82, 2.24) is 5.32 Å². The second-order valence-electron chi connectivity index (χ2n) is 6.08. The van der Waals surface area contributed by atoms with Crippen LogP contribution in [0.4, 0.5) is 0 Å². The summed E-state index contributed by atoms with van der Waals surface area (Å²) >= 11 is 5.96. The Labute approximate surface area is 107 Å². The highest BCUT2D eigenvalue weighted by atomic mass is 32.4. The van der Waals surface area contributed by atoms with Gasteiger partial charge in [-0.3, -0.25) is 0 Å². The van der Waals surface area contributed by atoms with Crippen molar-refractivity contribution in [2.45, 2.75) is 72.2 Å². The van der Waals surface area contributed by atoms with Crippen molar-refractivity contribution in [3.63, 3.8) is 0 Å². The minimum atomic E-state index is -1.41. The molecule has 16 heavy (non-hydrogen) atoms. The Kier molecular flexibility index (Phi) is 5.76. The van der Waals surface area contributed by atoms with E-state index in [1.807, 2.05) is 0 Å². The molecular weight excluding hydrogens is 233 g/mol. The zero-order valence-corrected chi connectivity index (χ0v) is 13.8. The quantitative estimate of drug-likeness (QED) is 0.746. The SMILES string of the molecule is C/C(=C\NC(C)(C)C)P(=S)(C(C)C)C(C)C. The highest BCUT2D eigenvalue weighted by Crippen LogP contribution is 2.61. The number of hydrogen-bond acceptors (Lipinski definition) is 2. The molecule has 0 aliphatic heterocycles. The maximum atomic E-state index is 5.96. The molecule has 0 saturated heterocycles. The molecule has 0 amide bonds. The molecule has 0 rings (SSSR count). The van der Waals surface area contributed by atoms with Gasteiger partial charge in [0.05, 0.1) is 0 Å². The smallest absolute Gasteiger partial charge is 0.0284 e. The molecule has 0 aliphatic carbocycles. The van der Waals surface area contributed by atoms with Gasteiger partial charge >= 0.3 is 0 Å². The van der Waals surface area contributed by atoms with Crippen LogP contribution in [-0.4, -0.2) is 16.9 Å². The van der Waals surface area contributed by atoms with E-state index in [1.54, 1.807) is 0 Å². The van der Waals surface area contributed by atoms with Crippen LogP contribution in [0.5, 0.6) is 0 Å². The molecule has 0 radical (unpaired) electrons. The molecule has 0 saturated carbocycles. The first-order valence-electron chi connectivity index (χ1n) is 6.06. The molecule has 0 aliphatic rings. The summed E-state index contributed by atoms with van der Waals surface area (Å²) in [6.07, 6.45) is 2.15. The van der Waals surface area contributed by atoms with E-state index in [4.69, 9.17) is 11.8 Å². The van der Waals surface area contributed by atoms with Gasteiger partial charge in [-0.25, -0.2) is 0 Å². The monoisotopic (exact) mass is 261 g/mol. The van der Waals surface area contributed by atoms with Crippen molar-refractivity contribution in [2.24, 2.45) is 0 Å². The van der Waals surface area contributed by atoms with Gasteiger partial charge in [-0.05, 0) is 50.4 Å². The molecule has 0 spiro atoms. The summed E-state index contributed by atoms with van der Waals surface area (Å²) in [6.45, 7) is 17.7. The van der Waals surface area contributed by atoms with Gasteiger partial charge < -0.3 is 5.32 Å². The fourth-order valence-electron chi connectivity index (χ4n) is 1.83. The molecule has 96 valence electrons. The Bertz CT molecular complexity index is 286. The van der Waals surface area contributed by atoms with Crippen molar-refractivity contribution in [2.75, 3.05) is 0 Å². The third-order valence-electron chi connectivity index (χ3n) is 2.80. The third-order valence-corrected chi connectivity index (χ3v) is 10.5. The van der Waals surface area contributed by atoms with Crippen molar-refractivity contribution in [1.29, 1.82) is 0 Å². The van der Waals surface area contributed by atoms with Crippen molar-refractivity contribution in [3.8, 4) is 0 Å². The van der Waals surface area contributed by atoms with E-state index in [-0.39, 0.29) is 5.54 Å². The van der Waals surface area contributed by atoms with Crippen molar-refractivity contribution < 1.29 is 0 Å². The number of allylic oxidation sites excluding steroid dienone is 1. The van der Waals surface area contributed by atoms with Gasteiger partial charge in [0, 0.05) is 11.7 Å². The van der Waals surface area contributed by atoms with E-state index < -0.39 is 6.04 Å². The number of rotatable bonds is 4. The number of nitrogens with one attached hydrogen (secondary N) is 1. The summed E-state index contributed by atoms with van der Waals surface area (Å²) < 4.78 is 0. The van der Waals surface area contributed by atoms with Crippen LogP contribution in [0, 0.1) is 0 Å². The average molecular weight is 261 g/mol. The minimum Gasteiger partial charge on any atom is -0.386 e. The van der Waals surface area contributed by atoms with Gasteiger partial charge in [0.1, 0.15) is 0 Å². The van der Waals surface area contributed by atoms with Crippen molar-refractivity contribution >= 4 is 17.8 Å². The molecule has 3 heteroatoms. The first-order chi connectivity index (χ1) is 7.01. The minimum absolute atomic E-state index is 0.120. The Morgan fingerprint density at radius 3 is 1.75 bits per heavy atom. The van der Waals surface area contributed by atoms with Crippen LogP contribution in [0.3, 0.4) is 0 Å². The van der Waals surface area contributed by atoms with Gasteiger partial charge in [-0.2, -0.15) is 0 Å². The van der Waals surface area contributed by atoms with Crippen LogP contribution >= 0.6 is 6.04 Å². The molecular formula is C13H28NPS. The second kappa shape index (κ2) is 5.69. The van der Waals surface area contributed by atoms with Gasteiger partial charge in [-0.15, -0.1) is 0 Å². The molecule has 0 aromatic heterocycles. The molecule has 0 bridgehead atoms. The van der Waals surface area contributed by atoms with E-state index in [0.717, 1.165) is 0 Å². The Balaban J connectivity index is 5.06. The summed E-state index contributed by atoms with van der Waals surface area (Å²) in [5.74, 6) is 0. The Morgan fingerprint density at radius 2 is 1.50 bits per heavy atom. The van der Waals surface area contributed by atoms with Gasteiger partial charge in [0.25, 0.3) is 0 Å². The van der Waals surface area contributed by atoms with Crippen LogP contribution in [0.15, 0.2) is 11.5 Å². The Hall–Kier alpha value is 0.190. The molecule has 0 unspecified atom stereocenters. The molecule has 0 heterocycles. The van der Waals surface area contributed by atoms with E-state index in [1.165, 1.54) is 5.31 Å². The van der Waals surface area contributed by atoms with E-state index in [2.05, 4.69) is 66.9 Å². The lowest BCUT2D eigenvalue weighted by atomic mass is 10.1. The predicted octanol–water partition coefficient (Wildman–Crippen LogP) is 4.53. The van der Waals surface area contributed by atoms with Gasteiger partial charge in [0.15, 0.2) is 0 Å². The van der Waals surface area contributed by atoms with Crippen LogP contribution < -0.4 is 5.32 Å². The largest absolute Gasteiger partial charge is 0.386 e. The van der Waals surface area contributed by atoms with Crippen LogP contribution in [0.2, 0.25) is 0 Å². The van der Waals surface area contributed by atoms with Crippen molar-refractivity contribution in [3.05, 3.63) is 11.5 Å². The van der Waals surface area contributed by atoms with Gasteiger partial charge in [-0.1, -0.05) is 39.5 Å². The summed E-state index contributed by atoms with van der Waals surface area (Å²) in [4.78, 5) is 0. The lowest BCUT2D eigenvalue weighted by Crippen LogP contribution is -2.31. The highest BCUT2D eigenvalue weighted by molar-refractivity contribution is 8.17. The van der Waals surface area contributed by atoms with Crippen LogP contribution in [0.25, 0.3) is 0 Å². The predicted molar refractivity (Wildman–Crippen MR) is 81.2 cm³/mol. The average Bonchev–Trinajstić information content (AvgIpc) is 2.10. The first-order valence-corrected chi connectivity index (χ1v) is 9.00. The van der Waals surface area contributed by atoms with Crippen LogP contribution in [-0.2, 0) is 11.8 Å². The zero-order valence-electron chi connectivity index (χ0n) is 12.1. The fraction of sp³-hybridized carbons (Fsp3) is 0.846. The normalized spacial score (nSPS) is 14.8. The number of hydrogen-bond donors (Lipinski definition) is 1. The second-order valence-corrected chi connectivity index (χ2v) is 12.1. The van der Waals surface area contributed by atoms with Crippen LogP contribution in [0.1, 0.15) is 55.4 Å². The molecule has 1 N–H and O–H groups in total. The van der Waals surface area contributed by atoms with E-state index >= 15 is 0 Å². The maximum Gasteiger partial charge on any atom is 0.0284 e. The standard InChI is InChI=1S/C13H28NPS/c1-10(2)15(16,11(3)4)12(5)9-14-13(6,7)8/h9-11,14H,1-8H3/b12-9+. The summed E-state index contributed by atoms with van der Waals surface area (Å²) in [6, 6.07) is -1.41. The topological polar surface area (TPSA) is 12.0 Å². The maximum absolute atomic E-state index is 5.96. The summed E-state index contributed by atoms with van der Waals surface area (Å²) in [5.41, 5.74) is 1.29. The Morgan fingerprint density at radius 1 is 1.12 bits per heavy atom.